The molecule has 0 radical (unpaired) electrons. The summed E-state index contributed by atoms with van der Waals surface area (Å²) in [5.74, 6) is 1.29. The summed E-state index contributed by atoms with van der Waals surface area (Å²) in [5.41, 5.74) is 0. The van der Waals surface area contributed by atoms with Gasteiger partial charge in [-0.1, -0.05) is 19.9 Å². The SMILES string of the molecule is CC(C)c1cnc(CN2CCC(Oc3ccccn3)C2)s1. The first-order valence-electron chi connectivity index (χ1n) is 7.45. The van der Waals surface area contributed by atoms with Crippen LogP contribution in [-0.2, 0) is 6.54 Å². The number of likely N-dealkylation sites (tertiary alicyclic amines) is 1. The molecule has 0 amide bonds. The van der Waals surface area contributed by atoms with Crippen LogP contribution >= 0.6 is 11.3 Å². The Morgan fingerprint density at radius 2 is 2.29 bits per heavy atom. The molecule has 1 aliphatic rings. The van der Waals surface area contributed by atoms with Crippen LogP contribution in [0, 0.1) is 0 Å². The molecule has 3 heterocycles. The topological polar surface area (TPSA) is 38.2 Å². The molecule has 0 N–H and O–H groups in total. The molecule has 5 heteroatoms. The molecule has 112 valence electrons. The van der Waals surface area contributed by atoms with Crippen LogP contribution in [0.4, 0.5) is 0 Å². The Hall–Kier alpha value is -1.46. The van der Waals surface area contributed by atoms with Gasteiger partial charge in [-0.2, -0.15) is 0 Å². The normalized spacial score (nSPS) is 19.3. The van der Waals surface area contributed by atoms with E-state index in [1.165, 1.54) is 9.88 Å². The average molecular weight is 303 g/mol. The second-order valence-corrected chi connectivity index (χ2v) is 6.89. The number of nitrogens with zero attached hydrogens (tertiary/aromatic N) is 3. The summed E-state index contributed by atoms with van der Waals surface area (Å²) in [5, 5.41) is 1.21. The van der Waals surface area contributed by atoms with E-state index in [4.69, 9.17) is 4.74 Å². The number of ether oxygens (including phenoxy) is 1. The van der Waals surface area contributed by atoms with Crippen molar-refractivity contribution in [1.82, 2.24) is 14.9 Å². The van der Waals surface area contributed by atoms with E-state index in [9.17, 15) is 0 Å². The van der Waals surface area contributed by atoms with Gasteiger partial charge in [-0.25, -0.2) is 9.97 Å². The first-order chi connectivity index (χ1) is 10.2. The lowest BCUT2D eigenvalue weighted by atomic mass is 10.2. The summed E-state index contributed by atoms with van der Waals surface area (Å²) < 4.78 is 5.92. The lowest BCUT2D eigenvalue weighted by molar-refractivity contribution is 0.191. The second kappa shape index (κ2) is 6.54. The van der Waals surface area contributed by atoms with Crippen molar-refractivity contribution in [2.75, 3.05) is 13.1 Å². The summed E-state index contributed by atoms with van der Waals surface area (Å²) >= 11 is 1.83. The van der Waals surface area contributed by atoms with E-state index in [1.807, 2.05) is 35.7 Å². The Balaban J connectivity index is 1.52. The Morgan fingerprint density at radius 3 is 3.00 bits per heavy atom. The van der Waals surface area contributed by atoms with Gasteiger partial charge in [-0.3, -0.25) is 4.90 Å². The van der Waals surface area contributed by atoms with Crippen LogP contribution in [0.1, 0.15) is 36.1 Å². The van der Waals surface area contributed by atoms with Crippen LogP contribution in [0.15, 0.2) is 30.6 Å². The zero-order valence-corrected chi connectivity index (χ0v) is 13.3. The van der Waals surface area contributed by atoms with Crippen LogP contribution in [0.5, 0.6) is 5.88 Å². The van der Waals surface area contributed by atoms with Gasteiger partial charge in [0.25, 0.3) is 0 Å². The van der Waals surface area contributed by atoms with Crippen LogP contribution in [0.2, 0.25) is 0 Å². The highest BCUT2D eigenvalue weighted by molar-refractivity contribution is 7.11. The lowest BCUT2D eigenvalue weighted by Crippen LogP contribution is -2.24. The maximum absolute atomic E-state index is 5.92. The van der Waals surface area contributed by atoms with Gasteiger partial charge in [0.05, 0.1) is 6.54 Å². The summed E-state index contributed by atoms with van der Waals surface area (Å²) in [7, 11) is 0. The molecule has 1 fully saturated rings. The number of hydrogen-bond donors (Lipinski definition) is 0. The van der Waals surface area contributed by atoms with Crippen molar-refractivity contribution >= 4 is 11.3 Å². The maximum atomic E-state index is 5.92. The van der Waals surface area contributed by atoms with E-state index in [0.29, 0.717) is 5.92 Å². The molecule has 0 bridgehead atoms. The zero-order chi connectivity index (χ0) is 14.7. The minimum Gasteiger partial charge on any atom is -0.473 e. The molecule has 21 heavy (non-hydrogen) atoms. The molecule has 1 aliphatic heterocycles. The Morgan fingerprint density at radius 1 is 1.38 bits per heavy atom. The third-order valence-corrected chi connectivity index (χ3v) is 4.94. The highest BCUT2D eigenvalue weighted by Gasteiger charge is 2.25. The average Bonchev–Trinajstić information content (AvgIpc) is 3.10. The number of rotatable bonds is 5. The standard InChI is InChI=1S/C16H21N3OS/c1-12(2)14-9-18-16(21-14)11-19-8-6-13(10-19)20-15-5-3-4-7-17-15/h3-5,7,9,12-13H,6,8,10-11H2,1-2H3. The summed E-state index contributed by atoms with van der Waals surface area (Å²) in [6.45, 7) is 7.37. The Labute approximate surface area is 129 Å². The number of aromatic nitrogens is 2. The molecule has 0 aromatic carbocycles. The van der Waals surface area contributed by atoms with Crippen LogP contribution in [0.25, 0.3) is 0 Å². The molecular formula is C16H21N3OS. The molecule has 0 aliphatic carbocycles. The van der Waals surface area contributed by atoms with Crippen molar-refractivity contribution in [3.05, 3.63) is 40.5 Å². The molecule has 0 saturated carbocycles. The quantitative estimate of drug-likeness (QED) is 0.849. The van der Waals surface area contributed by atoms with Crippen molar-refractivity contribution in [1.29, 1.82) is 0 Å². The molecular weight excluding hydrogens is 282 g/mol. The number of thiazole rings is 1. The Bertz CT molecular complexity index is 570. The van der Waals surface area contributed by atoms with Gasteiger partial charge in [-0.05, 0) is 18.4 Å². The smallest absolute Gasteiger partial charge is 0.213 e. The largest absolute Gasteiger partial charge is 0.473 e. The minimum atomic E-state index is 0.240. The van der Waals surface area contributed by atoms with E-state index >= 15 is 0 Å². The van der Waals surface area contributed by atoms with Gasteiger partial charge in [-0.15, -0.1) is 11.3 Å². The highest BCUT2D eigenvalue weighted by Crippen LogP contribution is 2.24. The molecule has 3 rings (SSSR count). The fourth-order valence-corrected chi connectivity index (χ4v) is 3.45. The second-order valence-electron chi connectivity index (χ2n) is 5.74. The van der Waals surface area contributed by atoms with Crippen molar-refractivity contribution in [2.45, 2.75) is 38.8 Å². The highest BCUT2D eigenvalue weighted by atomic mass is 32.1. The maximum Gasteiger partial charge on any atom is 0.213 e. The van der Waals surface area contributed by atoms with Crippen LogP contribution < -0.4 is 4.74 Å². The summed E-state index contributed by atoms with van der Waals surface area (Å²) in [6, 6.07) is 5.78. The van der Waals surface area contributed by atoms with E-state index in [1.54, 1.807) is 6.20 Å². The first kappa shape index (κ1) is 14.5. The monoisotopic (exact) mass is 303 g/mol. The van der Waals surface area contributed by atoms with Crippen molar-refractivity contribution in [3.63, 3.8) is 0 Å². The van der Waals surface area contributed by atoms with Gasteiger partial charge < -0.3 is 4.74 Å². The zero-order valence-electron chi connectivity index (χ0n) is 12.5. The van der Waals surface area contributed by atoms with Crippen LogP contribution in [-0.4, -0.2) is 34.1 Å². The molecule has 1 saturated heterocycles. The van der Waals surface area contributed by atoms with Crippen molar-refractivity contribution in [3.8, 4) is 5.88 Å². The lowest BCUT2D eigenvalue weighted by Gasteiger charge is -2.15. The predicted molar refractivity (Wildman–Crippen MR) is 84.8 cm³/mol. The van der Waals surface area contributed by atoms with Gasteiger partial charge >= 0.3 is 0 Å². The van der Waals surface area contributed by atoms with Crippen molar-refractivity contribution < 1.29 is 4.74 Å². The number of pyridine rings is 1. The van der Waals surface area contributed by atoms with Crippen molar-refractivity contribution in [2.24, 2.45) is 0 Å². The fourth-order valence-electron chi connectivity index (χ4n) is 2.48. The first-order valence-corrected chi connectivity index (χ1v) is 8.27. The molecule has 0 spiro atoms. The van der Waals surface area contributed by atoms with Gasteiger partial charge in [0.15, 0.2) is 0 Å². The summed E-state index contributed by atoms with van der Waals surface area (Å²) in [4.78, 5) is 12.5. The van der Waals surface area contributed by atoms with Gasteiger partial charge in [0.1, 0.15) is 11.1 Å². The molecule has 2 aromatic rings. The van der Waals surface area contributed by atoms with E-state index in [-0.39, 0.29) is 6.10 Å². The third kappa shape index (κ3) is 3.80. The Kier molecular flexibility index (Phi) is 4.51. The molecule has 2 aromatic heterocycles. The minimum absolute atomic E-state index is 0.240. The third-order valence-electron chi connectivity index (χ3n) is 3.65. The van der Waals surface area contributed by atoms with Gasteiger partial charge in [0, 0.05) is 36.4 Å². The molecule has 1 unspecified atom stereocenters. The molecule has 4 nitrogen and oxygen atoms in total. The number of hydrogen-bond acceptors (Lipinski definition) is 5. The van der Waals surface area contributed by atoms with Gasteiger partial charge in [0.2, 0.25) is 5.88 Å². The van der Waals surface area contributed by atoms with E-state index < -0.39 is 0 Å². The predicted octanol–water partition coefficient (Wildman–Crippen LogP) is 3.31. The van der Waals surface area contributed by atoms with E-state index in [0.717, 1.165) is 31.9 Å². The fraction of sp³-hybridized carbons (Fsp3) is 0.500. The van der Waals surface area contributed by atoms with E-state index in [2.05, 4.69) is 28.7 Å². The molecule has 1 atom stereocenters. The summed E-state index contributed by atoms with van der Waals surface area (Å²) in [6.07, 6.45) is 5.08. The van der Waals surface area contributed by atoms with Crippen LogP contribution in [0.3, 0.4) is 0 Å².